The quantitative estimate of drug-likeness (QED) is 0.294. The number of carboxylic acids is 1. The van der Waals surface area contributed by atoms with Crippen LogP contribution in [0.4, 0.5) is 0 Å². The zero-order chi connectivity index (χ0) is 16.5. The normalized spacial score (nSPS) is 12.5. The van der Waals surface area contributed by atoms with Gasteiger partial charge in [0.15, 0.2) is 0 Å². The van der Waals surface area contributed by atoms with E-state index in [2.05, 4.69) is 13.8 Å². The van der Waals surface area contributed by atoms with Crippen molar-refractivity contribution in [1.29, 1.82) is 0 Å². The van der Waals surface area contributed by atoms with Crippen molar-refractivity contribution in [2.45, 2.75) is 117 Å². The van der Waals surface area contributed by atoms with Crippen LogP contribution >= 0.6 is 0 Å². The van der Waals surface area contributed by atoms with E-state index in [-0.39, 0.29) is 0 Å². The molecule has 0 aromatic heterocycles. The summed E-state index contributed by atoms with van der Waals surface area (Å²) in [5.41, 5.74) is 0. The minimum atomic E-state index is -0.653. The molecule has 0 aromatic rings. The molecule has 0 saturated heterocycles. The van der Waals surface area contributed by atoms with E-state index in [4.69, 9.17) is 5.11 Å². The van der Waals surface area contributed by atoms with Gasteiger partial charge in [-0.05, 0) is 12.3 Å². The van der Waals surface area contributed by atoms with Crippen molar-refractivity contribution in [2.24, 2.45) is 5.92 Å². The van der Waals surface area contributed by atoms with E-state index in [1.54, 1.807) is 0 Å². The van der Waals surface area contributed by atoms with E-state index in [1.807, 2.05) is 0 Å². The Hall–Kier alpha value is -0.530. The van der Waals surface area contributed by atoms with Crippen LogP contribution in [0.5, 0.6) is 0 Å². The van der Waals surface area contributed by atoms with Crippen molar-refractivity contribution in [2.75, 3.05) is 0 Å². The fourth-order valence-electron chi connectivity index (χ4n) is 3.26. The van der Waals surface area contributed by atoms with Crippen LogP contribution in [0.2, 0.25) is 0 Å². The molecule has 1 N–H and O–H groups in total. The largest absolute Gasteiger partial charge is 0.481 e. The molecule has 1 unspecified atom stereocenters. The number of hydrogen-bond donors (Lipinski definition) is 1. The Morgan fingerprint density at radius 1 is 0.727 bits per heavy atom. The van der Waals surface area contributed by atoms with Gasteiger partial charge in [-0.15, -0.1) is 0 Å². The number of rotatable bonds is 17. The molecule has 0 rings (SSSR count). The molecule has 2 nitrogen and oxygen atoms in total. The highest BCUT2D eigenvalue weighted by Crippen LogP contribution is 2.19. The summed E-state index contributed by atoms with van der Waals surface area (Å²) in [6.45, 7) is 4.64. The Bertz CT molecular complexity index is 238. The number of aliphatic carboxylic acids is 1. The Labute approximate surface area is 139 Å². The molecule has 22 heavy (non-hydrogen) atoms. The molecule has 0 amide bonds. The first kappa shape index (κ1) is 21.5. The molecule has 0 fully saturated rings. The summed E-state index contributed by atoms with van der Waals surface area (Å²) in [5, 5.41) is 8.55. The van der Waals surface area contributed by atoms with Crippen LogP contribution in [-0.2, 0) is 4.79 Å². The average Bonchev–Trinajstić information content (AvgIpc) is 2.50. The molecule has 0 saturated carbocycles. The van der Waals surface area contributed by atoms with Gasteiger partial charge in [0.25, 0.3) is 0 Å². The van der Waals surface area contributed by atoms with Crippen molar-refractivity contribution in [3.05, 3.63) is 0 Å². The predicted molar refractivity (Wildman–Crippen MR) is 96.3 cm³/mol. The molecular formula is C20H40O2. The minimum Gasteiger partial charge on any atom is -0.481 e. The molecule has 0 aliphatic rings. The summed E-state index contributed by atoms with van der Waals surface area (Å²) in [5.74, 6) is 0.325. The van der Waals surface area contributed by atoms with Crippen LogP contribution in [0.25, 0.3) is 0 Å². The smallest absolute Gasteiger partial charge is 0.303 e. The summed E-state index contributed by atoms with van der Waals surface area (Å²) < 4.78 is 0. The van der Waals surface area contributed by atoms with E-state index in [0.717, 1.165) is 18.8 Å². The van der Waals surface area contributed by atoms with Crippen LogP contribution in [0.15, 0.2) is 0 Å². The Morgan fingerprint density at radius 3 is 1.59 bits per heavy atom. The van der Waals surface area contributed by atoms with E-state index in [1.165, 1.54) is 83.5 Å². The topological polar surface area (TPSA) is 37.3 Å². The highest BCUT2D eigenvalue weighted by molar-refractivity contribution is 5.66. The van der Waals surface area contributed by atoms with Gasteiger partial charge in [0.05, 0.1) is 0 Å². The second-order valence-electron chi connectivity index (χ2n) is 6.88. The highest BCUT2D eigenvalue weighted by atomic mass is 16.4. The number of unbranched alkanes of at least 4 members (excludes halogenated alkanes) is 10. The first-order valence-corrected chi connectivity index (χ1v) is 9.92. The van der Waals surface area contributed by atoms with Gasteiger partial charge in [-0.2, -0.15) is 0 Å². The SMILES string of the molecule is CCCC(CC)CCCCCCCCCCCCCC(=O)O. The first-order valence-electron chi connectivity index (χ1n) is 9.92. The molecule has 0 bridgehead atoms. The van der Waals surface area contributed by atoms with Gasteiger partial charge in [0.1, 0.15) is 0 Å². The number of hydrogen-bond acceptors (Lipinski definition) is 1. The average molecular weight is 313 g/mol. The summed E-state index contributed by atoms with van der Waals surface area (Å²) in [4.78, 5) is 10.4. The lowest BCUT2D eigenvalue weighted by Crippen LogP contribution is -1.97. The lowest BCUT2D eigenvalue weighted by Gasteiger charge is -2.13. The second-order valence-corrected chi connectivity index (χ2v) is 6.88. The van der Waals surface area contributed by atoms with Gasteiger partial charge >= 0.3 is 5.97 Å². The highest BCUT2D eigenvalue weighted by Gasteiger charge is 2.04. The third kappa shape index (κ3) is 15.9. The summed E-state index contributed by atoms with van der Waals surface area (Å²) in [6.07, 6.45) is 20.1. The fourth-order valence-corrected chi connectivity index (χ4v) is 3.26. The molecule has 0 heterocycles. The van der Waals surface area contributed by atoms with Crippen molar-refractivity contribution >= 4 is 5.97 Å². The standard InChI is InChI=1S/C20H40O2/c1-3-16-19(4-2)17-14-12-10-8-6-5-7-9-11-13-15-18-20(21)22/h19H,3-18H2,1-2H3,(H,21,22). The van der Waals surface area contributed by atoms with Gasteiger partial charge in [0.2, 0.25) is 0 Å². The van der Waals surface area contributed by atoms with Crippen LogP contribution < -0.4 is 0 Å². The zero-order valence-electron chi connectivity index (χ0n) is 15.2. The van der Waals surface area contributed by atoms with Crippen molar-refractivity contribution < 1.29 is 9.90 Å². The van der Waals surface area contributed by atoms with Gasteiger partial charge in [-0.25, -0.2) is 0 Å². The van der Waals surface area contributed by atoms with E-state index < -0.39 is 5.97 Å². The molecule has 132 valence electrons. The molecular weight excluding hydrogens is 272 g/mol. The Kier molecular flexibility index (Phi) is 16.4. The first-order chi connectivity index (χ1) is 10.7. The predicted octanol–water partition coefficient (Wildman–Crippen LogP) is 6.97. The Morgan fingerprint density at radius 2 is 1.18 bits per heavy atom. The van der Waals surface area contributed by atoms with Crippen molar-refractivity contribution in [3.63, 3.8) is 0 Å². The lowest BCUT2D eigenvalue weighted by molar-refractivity contribution is -0.137. The Balaban J connectivity index is 3.12. The summed E-state index contributed by atoms with van der Waals surface area (Å²) in [7, 11) is 0. The summed E-state index contributed by atoms with van der Waals surface area (Å²) >= 11 is 0. The third-order valence-electron chi connectivity index (χ3n) is 4.78. The second kappa shape index (κ2) is 16.8. The maximum absolute atomic E-state index is 10.4. The zero-order valence-corrected chi connectivity index (χ0v) is 15.2. The van der Waals surface area contributed by atoms with Crippen LogP contribution in [0.1, 0.15) is 117 Å². The van der Waals surface area contributed by atoms with Crippen LogP contribution in [-0.4, -0.2) is 11.1 Å². The van der Waals surface area contributed by atoms with E-state index >= 15 is 0 Å². The van der Waals surface area contributed by atoms with Gasteiger partial charge in [-0.1, -0.05) is 104 Å². The van der Waals surface area contributed by atoms with E-state index in [9.17, 15) is 4.79 Å². The number of carboxylic acid groups (broad SMARTS) is 1. The van der Waals surface area contributed by atoms with Gasteiger partial charge < -0.3 is 5.11 Å². The molecule has 0 aliphatic heterocycles. The minimum absolute atomic E-state index is 0.344. The molecule has 0 radical (unpaired) electrons. The maximum atomic E-state index is 10.4. The molecule has 0 aliphatic carbocycles. The third-order valence-corrected chi connectivity index (χ3v) is 4.78. The maximum Gasteiger partial charge on any atom is 0.303 e. The van der Waals surface area contributed by atoms with Gasteiger partial charge in [0, 0.05) is 6.42 Å². The van der Waals surface area contributed by atoms with Gasteiger partial charge in [-0.3, -0.25) is 4.79 Å². The lowest BCUT2D eigenvalue weighted by atomic mass is 9.94. The summed E-state index contributed by atoms with van der Waals surface area (Å²) in [6, 6.07) is 0. The van der Waals surface area contributed by atoms with Crippen LogP contribution in [0.3, 0.4) is 0 Å². The number of carbonyl (C=O) groups is 1. The fraction of sp³-hybridized carbons (Fsp3) is 0.950. The molecule has 0 spiro atoms. The van der Waals surface area contributed by atoms with E-state index in [0.29, 0.717) is 6.42 Å². The molecule has 2 heteroatoms. The van der Waals surface area contributed by atoms with Crippen molar-refractivity contribution in [1.82, 2.24) is 0 Å². The van der Waals surface area contributed by atoms with Crippen molar-refractivity contribution in [3.8, 4) is 0 Å². The molecule has 0 aromatic carbocycles. The monoisotopic (exact) mass is 312 g/mol. The van der Waals surface area contributed by atoms with Crippen LogP contribution in [0, 0.1) is 5.92 Å². The molecule has 1 atom stereocenters.